The molecule has 3 nitrogen and oxygen atoms in total. The maximum atomic E-state index is 13.0. The number of halogens is 2. The molecule has 23 heavy (non-hydrogen) atoms. The molecule has 2 aromatic rings. The Morgan fingerprint density at radius 2 is 1.96 bits per heavy atom. The van der Waals surface area contributed by atoms with Gasteiger partial charge in [0, 0.05) is 11.6 Å². The van der Waals surface area contributed by atoms with Crippen molar-refractivity contribution in [1.29, 1.82) is 0 Å². The second-order valence-electron chi connectivity index (χ2n) is 5.52. The maximum Gasteiger partial charge on any atom is 0.227 e. The van der Waals surface area contributed by atoms with Gasteiger partial charge in [-0.15, -0.1) is 0 Å². The van der Waals surface area contributed by atoms with Crippen molar-refractivity contribution in [3.05, 3.63) is 70.5 Å². The Morgan fingerprint density at radius 3 is 2.70 bits per heavy atom. The number of rotatable bonds is 3. The van der Waals surface area contributed by atoms with Crippen molar-refractivity contribution in [2.75, 3.05) is 19.7 Å². The van der Waals surface area contributed by atoms with Gasteiger partial charge in [-0.3, -0.25) is 4.79 Å². The van der Waals surface area contributed by atoms with Crippen molar-refractivity contribution in [3.63, 3.8) is 0 Å². The number of hydrogen-bond donors (Lipinski definition) is 0. The monoisotopic (exact) mass is 333 g/mol. The van der Waals surface area contributed by atoms with E-state index < -0.39 is 0 Å². The van der Waals surface area contributed by atoms with Crippen LogP contribution in [-0.2, 0) is 16.0 Å². The van der Waals surface area contributed by atoms with E-state index in [1.165, 1.54) is 12.1 Å². The quantitative estimate of drug-likeness (QED) is 0.858. The molecule has 0 aliphatic carbocycles. The second kappa shape index (κ2) is 7.11. The summed E-state index contributed by atoms with van der Waals surface area (Å²) in [6, 6.07) is 13.6. The number of benzene rings is 2. The molecule has 0 bridgehead atoms. The molecular weight excluding hydrogens is 317 g/mol. The fourth-order valence-corrected chi connectivity index (χ4v) is 2.87. The smallest absolute Gasteiger partial charge is 0.227 e. The van der Waals surface area contributed by atoms with Crippen LogP contribution in [0.5, 0.6) is 0 Å². The lowest BCUT2D eigenvalue weighted by molar-refractivity contribution is -0.138. The van der Waals surface area contributed by atoms with E-state index in [0.29, 0.717) is 24.7 Å². The summed E-state index contributed by atoms with van der Waals surface area (Å²) in [7, 11) is 0. The second-order valence-corrected chi connectivity index (χ2v) is 5.93. The fraction of sp³-hybridized carbons (Fsp3) is 0.278. The topological polar surface area (TPSA) is 29.5 Å². The molecule has 0 saturated carbocycles. The van der Waals surface area contributed by atoms with E-state index in [1.54, 1.807) is 23.1 Å². The van der Waals surface area contributed by atoms with Gasteiger partial charge in [0.2, 0.25) is 5.91 Å². The Kier molecular flexibility index (Phi) is 4.94. The molecule has 1 heterocycles. The van der Waals surface area contributed by atoms with Gasteiger partial charge < -0.3 is 9.64 Å². The number of hydrogen-bond acceptors (Lipinski definition) is 2. The first kappa shape index (κ1) is 16.0. The van der Waals surface area contributed by atoms with E-state index in [4.69, 9.17) is 16.3 Å². The average Bonchev–Trinajstić information content (AvgIpc) is 2.58. The summed E-state index contributed by atoms with van der Waals surface area (Å²) in [6.45, 7) is 1.49. The van der Waals surface area contributed by atoms with E-state index in [-0.39, 0.29) is 24.2 Å². The summed E-state index contributed by atoms with van der Waals surface area (Å²) < 4.78 is 18.7. The number of carbonyl (C=O) groups excluding carboxylic acids is 1. The fourth-order valence-electron chi connectivity index (χ4n) is 2.67. The Hall–Kier alpha value is -1.91. The third-order valence-corrected chi connectivity index (χ3v) is 4.33. The van der Waals surface area contributed by atoms with E-state index in [2.05, 4.69) is 0 Å². The van der Waals surface area contributed by atoms with Crippen LogP contribution in [0, 0.1) is 5.82 Å². The SMILES string of the molecule is O=C(Cc1ccccc1Cl)N1CCOC(c2ccc(F)cc2)C1. The van der Waals surface area contributed by atoms with Crippen molar-refractivity contribution >= 4 is 17.5 Å². The van der Waals surface area contributed by atoms with Crippen LogP contribution in [0.2, 0.25) is 5.02 Å². The molecule has 1 aliphatic heterocycles. The van der Waals surface area contributed by atoms with E-state index >= 15 is 0 Å². The molecule has 1 atom stereocenters. The van der Waals surface area contributed by atoms with Gasteiger partial charge in [0.25, 0.3) is 0 Å². The van der Waals surface area contributed by atoms with E-state index in [1.807, 2.05) is 18.2 Å². The van der Waals surface area contributed by atoms with Crippen molar-refractivity contribution in [1.82, 2.24) is 4.90 Å². The molecule has 2 aromatic carbocycles. The normalized spacial score (nSPS) is 18.0. The van der Waals surface area contributed by atoms with Gasteiger partial charge in [0.1, 0.15) is 11.9 Å². The van der Waals surface area contributed by atoms with Crippen LogP contribution in [0.1, 0.15) is 17.2 Å². The highest BCUT2D eigenvalue weighted by molar-refractivity contribution is 6.31. The van der Waals surface area contributed by atoms with Crippen LogP contribution >= 0.6 is 11.6 Å². The lowest BCUT2D eigenvalue weighted by Crippen LogP contribution is -2.43. The summed E-state index contributed by atoms with van der Waals surface area (Å²) in [5, 5.41) is 0.601. The highest BCUT2D eigenvalue weighted by Gasteiger charge is 2.25. The molecule has 0 aromatic heterocycles. The van der Waals surface area contributed by atoms with E-state index in [0.717, 1.165) is 11.1 Å². The van der Waals surface area contributed by atoms with Gasteiger partial charge in [0.15, 0.2) is 0 Å². The molecule has 1 amide bonds. The number of carbonyl (C=O) groups is 1. The molecule has 0 spiro atoms. The molecule has 0 radical (unpaired) electrons. The average molecular weight is 334 g/mol. The van der Waals surface area contributed by atoms with Crippen molar-refractivity contribution in [2.24, 2.45) is 0 Å². The molecule has 120 valence electrons. The first-order valence-electron chi connectivity index (χ1n) is 7.52. The summed E-state index contributed by atoms with van der Waals surface area (Å²) in [5.74, 6) is -0.260. The molecule has 3 rings (SSSR count). The van der Waals surface area contributed by atoms with Crippen LogP contribution in [-0.4, -0.2) is 30.5 Å². The predicted molar refractivity (Wildman–Crippen MR) is 86.8 cm³/mol. The van der Waals surface area contributed by atoms with Gasteiger partial charge in [-0.1, -0.05) is 41.9 Å². The van der Waals surface area contributed by atoms with Gasteiger partial charge in [-0.05, 0) is 29.3 Å². The Morgan fingerprint density at radius 1 is 1.22 bits per heavy atom. The molecule has 1 saturated heterocycles. The van der Waals surface area contributed by atoms with Crippen molar-refractivity contribution < 1.29 is 13.9 Å². The summed E-state index contributed by atoms with van der Waals surface area (Å²) in [6.07, 6.45) is 0.0510. The van der Waals surface area contributed by atoms with Crippen LogP contribution in [0.4, 0.5) is 4.39 Å². The van der Waals surface area contributed by atoms with Gasteiger partial charge in [-0.25, -0.2) is 4.39 Å². The largest absolute Gasteiger partial charge is 0.370 e. The zero-order valence-electron chi connectivity index (χ0n) is 12.5. The summed E-state index contributed by atoms with van der Waals surface area (Å²) in [4.78, 5) is 14.3. The number of amides is 1. The predicted octanol–water partition coefficient (Wildman–Crippen LogP) is 3.62. The van der Waals surface area contributed by atoms with Crippen molar-refractivity contribution in [3.8, 4) is 0 Å². The molecule has 1 unspecified atom stereocenters. The van der Waals surface area contributed by atoms with Crippen LogP contribution in [0.3, 0.4) is 0 Å². The summed E-state index contributed by atoms with van der Waals surface area (Å²) >= 11 is 6.12. The lowest BCUT2D eigenvalue weighted by atomic mass is 10.1. The van der Waals surface area contributed by atoms with Crippen molar-refractivity contribution in [2.45, 2.75) is 12.5 Å². The standard InChI is InChI=1S/C18H17ClFNO2/c19-16-4-2-1-3-14(16)11-18(22)21-9-10-23-17(12-21)13-5-7-15(20)8-6-13/h1-8,17H,9-12H2. The zero-order valence-corrected chi connectivity index (χ0v) is 13.3. The zero-order chi connectivity index (χ0) is 16.2. The Bertz CT molecular complexity index is 690. The van der Waals surface area contributed by atoms with Gasteiger partial charge in [0.05, 0.1) is 19.6 Å². The molecular formula is C18H17ClFNO2. The first-order valence-corrected chi connectivity index (χ1v) is 7.89. The molecule has 1 fully saturated rings. The van der Waals surface area contributed by atoms with Gasteiger partial charge >= 0.3 is 0 Å². The third-order valence-electron chi connectivity index (χ3n) is 3.96. The summed E-state index contributed by atoms with van der Waals surface area (Å²) in [5.41, 5.74) is 1.70. The number of morpholine rings is 1. The van der Waals surface area contributed by atoms with E-state index in [9.17, 15) is 9.18 Å². The minimum absolute atomic E-state index is 0.0218. The number of nitrogens with zero attached hydrogens (tertiary/aromatic N) is 1. The van der Waals surface area contributed by atoms with Crippen LogP contribution in [0.15, 0.2) is 48.5 Å². The highest BCUT2D eigenvalue weighted by atomic mass is 35.5. The first-order chi connectivity index (χ1) is 11.1. The minimum atomic E-state index is -0.281. The van der Waals surface area contributed by atoms with Crippen LogP contribution < -0.4 is 0 Å². The third kappa shape index (κ3) is 3.89. The Labute approximate surface area is 139 Å². The lowest BCUT2D eigenvalue weighted by Gasteiger charge is -2.33. The van der Waals surface area contributed by atoms with Crippen LogP contribution in [0.25, 0.3) is 0 Å². The number of ether oxygens (including phenoxy) is 1. The minimum Gasteiger partial charge on any atom is -0.370 e. The molecule has 0 N–H and O–H groups in total. The molecule has 1 aliphatic rings. The molecule has 5 heteroatoms. The maximum absolute atomic E-state index is 13.0. The Balaban J connectivity index is 1.67. The van der Waals surface area contributed by atoms with Gasteiger partial charge in [-0.2, -0.15) is 0 Å². The highest BCUT2D eigenvalue weighted by Crippen LogP contribution is 2.23.